The third-order valence-electron chi connectivity index (χ3n) is 3.67. The van der Waals surface area contributed by atoms with E-state index in [0.717, 1.165) is 6.54 Å². The number of carbonyl (C=O) groups is 1. The van der Waals surface area contributed by atoms with Crippen LogP contribution in [-0.2, 0) is 9.53 Å². The lowest BCUT2D eigenvalue weighted by Crippen LogP contribution is -2.59. The fourth-order valence-corrected chi connectivity index (χ4v) is 2.60. The van der Waals surface area contributed by atoms with E-state index in [1.54, 1.807) is 0 Å². The van der Waals surface area contributed by atoms with Gasteiger partial charge in [-0.1, -0.05) is 0 Å². The van der Waals surface area contributed by atoms with Gasteiger partial charge in [0.1, 0.15) is 0 Å². The second-order valence-corrected chi connectivity index (χ2v) is 5.34. The van der Waals surface area contributed by atoms with E-state index in [1.165, 1.54) is 0 Å². The van der Waals surface area contributed by atoms with Crippen molar-refractivity contribution in [3.05, 3.63) is 0 Å². The average molecular weight is 242 g/mol. The lowest BCUT2D eigenvalue weighted by atomic mass is 9.99. The molecule has 0 radical (unpaired) electrons. The molecule has 5 heteroatoms. The Labute approximate surface area is 102 Å². The highest BCUT2D eigenvalue weighted by Gasteiger charge is 2.41. The van der Waals surface area contributed by atoms with Crippen LogP contribution >= 0.6 is 0 Å². The van der Waals surface area contributed by atoms with Gasteiger partial charge in [-0.05, 0) is 26.8 Å². The first-order chi connectivity index (χ1) is 8.01. The topological polar surface area (TPSA) is 53.0 Å². The summed E-state index contributed by atoms with van der Waals surface area (Å²) in [6.07, 6.45) is 1.11. The maximum absolute atomic E-state index is 12.4. The van der Waals surface area contributed by atoms with E-state index in [4.69, 9.17) is 4.74 Å². The molecule has 1 N–H and O–H groups in total. The molecule has 0 saturated carbocycles. The van der Waals surface area contributed by atoms with Crippen molar-refractivity contribution < 1.29 is 14.6 Å². The Balaban J connectivity index is 1.98. The highest BCUT2D eigenvalue weighted by molar-refractivity contribution is 5.85. The summed E-state index contributed by atoms with van der Waals surface area (Å²) in [6.45, 7) is 5.28. The first-order valence-corrected chi connectivity index (χ1v) is 6.31. The van der Waals surface area contributed by atoms with Crippen molar-refractivity contribution in [3.8, 4) is 0 Å². The van der Waals surface area contributed by atoms with Crippen LogP contribution in [0.4, 0.5) is 0 Å². The number of carbonyl (C=O) groups excluding carboxylic acids is 1. The zero-order chi connectivity index (χ0) is 12.5. The molecule has 0 aliphatic carbocycles. The van der Waals surface area contributed by atoms with Gasteiger partial charge in [-0.25, -0.2) is 0 Å². The Morgan fingerprint density at radius 1 is 1.35 bits per heavy atom. The summed E-state index contributed by atoms with van der Waals surface area (Å²) < 4.78 is 5.68. The van der Waals surface area contributed by atoms with Crippen LogP contribution in [0, 0.1) is 0 Å². The van der Waals surface area contributed by atoms with Crippen LogP contribution in [0.3, 0.4) is 0 Å². The second-order valence-electron chi connectivity index (χ2n) is 5.34. The fourth-order valence-electron chi connectivity index (χ4n) is 2.60. The predicted molar refractivity (Wildman–Crippen MR) is 63.7 cm³/mol. The van der Waals surface area contributed by atoms with Crippen LogP contribution in [-0.4, -0.2) is 72.4 Å². The molecule has 2 rings (SSSR count). The number of rotatable bonds is 1. The smallest absolute Gasteiger partial charge is 0.255 e. The summed E-state index contributed by atoms with van der Waals surface area (Å²) in [5, 5.41) is 9.45. The molecule has 0 aromatic heterocycles. The van der Waals surface area contributed by atoms with Crippen molar-refractivity contribution >= 4 is 5.91 Å². The van der Waals surface area contributed by atoms with Crippen molar-refractivity contribution in [3.63, 3.8) is 0 Å². The quantitative estimate of drug-likeness (QED) is 0.685. The number of piperidine rings is 1. The van der Waals surface area contributed by atoms with E-state index >= 15 is 0 Å². The van der Waals surface area contributed by atoms with E-state index in [1.807, 2.05) is 18.9 Å². The average Bonchev–Trinajstić information content (AvgIpc) is 2.29. The standard InChI is InChI=1S/C12H22N2O3/c1-12(9-13(2)7-8-17-12)11(16)14-5-3-10(15)4-6-14/h10,15H,3-9H2,1-2H3/t12-/m0/s1. The summed E-state index contributed by atoms with van der Waals surface area (Å²) in [5.41, 5.74) is -0.713. The van der Waals surface area contributed by atoms with E-state index in [0.29, 0.717) is 39.1 Å². The highest BCUT2D eigenvalue weighted by Crippen LogP contribution is 2.22. The predicted octanol–water partition coefficient (Wildman–Crippen LogP) is -0.310. The maximum atomic E-state index is 12.4. The summed E-state index contributed by atoms with van der Waals surface area (Å²) in [6, 6.07) is 0. The number of aliphatic hydroxyl groups excluding tert-OH is 1. The molecule has 2 aliphatic rings. The number of nitrogens with zero attached hydrogens (tertiary/aromatic N) is 2. The number of amides is 1. The van der Waals surface area contributed by atoms with Gasteiger partial charge in [-0.2, -0.15) is 0 Å². The van der Waals surface area contributed by atoms with Crippen LogP contribution in [0.15, 0.2) is 0 Å². The van der Waals surface area contributed by atoms with Gasteiger partial charge in [-0.15, -0.1) is 0 Å². The van der Waals surface area contributed by atoms with Gasteiger partial charge < -0.3 is 19.6 Å². The normalized spacial score (nSPS) is 32.8. The molecule has 2 fully saturated rings. The Morgan fingerprint density at radius 3 is 2.59 bits per heavy atom. The molecule has 2 aliphatic heterocycles. The Hall–Kier alpha value is -0.650. The number of morpholine rings is 1. The third kappa shape index (κ3) is 2.78. The summed E-state index contributed by atoms with van der Waals surface area (Å²) in [5.74, 6) is 0.0657. The fraction of sp³-hybridized carbons (Fsp3) is 0.917. The summed E-state index contributed by atoms with van der Waals surface area (Å²) in [7, 11) is 2.01. The first-order valence-electron chi connectivity index (χ1n) is 6.31. The van der Waals surface area contributed by atoms with Crippen LogP contribution in [0.2, 0.25) is 0 Å². The molecule has 0 bridgehead atoms. The molecule has 17 heavy (non-hydrogen) atoms. The minimum atomic E-state index is -0.713. The van der Waals surface area contributed by atoms with Gasteiger partial charge in [0.15, 0.2) is 5.60 Å². The van der Waals surface area contributed by atoms with Gasteiger partial charge >= 0.3 is 0 Å². The molecular formula is C12H22N2O3. The number of hydrogen-bond donors (Lipinski definition) is 1. The zero-order valence-corrected chi connectivity index (χ0v) is 10.7. The molecular weight excluding hydrogens is 220 g/mol. The van der Waals surface area contributed by atoms with Crippen LogP contribution in [0.5, 0.6) is 0 Å². The summed E-state index contributed by atoms with van der Waals surface area (Å²) in [4.78, 5) is 16.4. The van der Waals surface area contributed by atoms with Crippen LogP contribution in [0.25, 0.3) is 0 Å². The van der Waals surface area contributed by atoms with Crippen molar-refractivity contribution in [1.82, 2.24) is 9.80 Å². The molecule has 1 atom stereocenters. The maximum Gasteiger partial charge on any atom is 0.255 e. The van der Waals surface area contributed by atoms with Crippen LogP contribution in [0.1, 0.15) is 19.8 Å². The Morgan fingerprint density at radius 2 is 2.00 bits per heavy atom. The van der Waals surface area contributed by atoms with Gasteiger partial charge in [-0.3, -0.25) is 4.79 Å². The van der Waals surface area contributed by atoms with E-state index in [9.17, 15) is 9.90 Å². The largest absolute Gasteiger partial charge is 0.393 e. The van der Waals surface area contributed by atoms with Crippen LogP contribution < -0.4 is 0 Å². The monoisotopic (exact) mass is 242 g/mol. The van der Waals surface area contributed by atoms with E-state index in [2.05, 4.69) is 4.90 Å². The lowest BCUT2D eigenvalue weighted by Gasteiger charge is -2.42. The SMILES string of the molecule is CN1CCO[C@](C)(C(=O)N2CCC(O)CC2)C1. The zero-order valence-electron chi connectivity index (χ0n) is 10.7. The molecule has 0 aromatic carbocycles. The molecule has 1 amide bonds. The number of likely N-dealkylation sites (tertiary alicyclic amines) is 1. The van der Waals surface area contributed by atoms with Crippen molar-refractivity contribution in [2.75, 3.05) is 39.8 Å². The first kappa shape index (κ1) is 12.8. The number of likely N-dealkylation sites (N-methyl/N-ethyl adjacent to an activating group) is 1. The van der Waals surface area contributed by atoms with Gasteiger partial charge in [0, 0.05) is 26.2 Å². The minimum absolute atomic E-state index is 0.0657. The van der Waals surface area contributed by atoms with Crippen molar-refractivity contribution in [2.24, 2.45) is 0 Å². The Bertz CT molecular complexity index is 289. The van der Waals surface area contributed by atoms with Crippen molar-refractivity contribution in [1.29, 1.82) is 0 Å². The molecule has 2 heterocycles. The number of hydrogen-bond acceptors (Lipinski definition) is 4. The summed E-state index contributed by atoms with van der Waals surface area (Å²) >= 11 is 0. The molecule has 0 unspecified atom stereocenters. The lowest BCUT2D eigenvalue weighted by molar-refractivity contribution is -0.168. The number of aliphatic hydroxyl groups is 1. The van der Waals surface area contributed by atoms with Gasteiger partial charge in [0.25, 0.3) is 5.91 Å². The number of ether oxygens (including phenoxy) is 1. The Kier molecular flexibility index (Phi) is 3.70. The molecule has 98 valence electrons. The van der Waals surface area contributed by atoms with Crippen molar-refractivity contribution in [2.45, 2.75) is 31.5 Å². The van der Waals surface area contributed by atoms with E-state index in [-0.39, 0.29) is 12.0 Å². The van der Waals surface area contributed by atoms with E-state index < -0.39 is 5.60 Å². The molecule has 5 nitrogen and oxygen atoms in total. The molecule has 0 spiro atoms. The second kappa shape index (κ2) is 4.92. The van der Waals surface area contributed by atoms with Gasteiger partial charge in [0.05, 0.1) is 12.7 Å². The third-order valence-corrected chi connectivity index (χ3v) is 3.67. The molecule has 0 aromatic rings. The minimum Gasteiger partial charge on any atom is -0.393 e. The molecule has 2 saturated heterocycles. The highest BCUT2D eigenvalue weighted by atomic mass is 16.5. The van der Waals surface area contributed by atoms with Gasteiger partial charge in [0.2, 0.25) is 0 Å².